The van der Waals surface area contributed by atoms with Gasteiger partial charge in [-0.25, -0.2) is 4.98 Å². The minimum atomic E-state index is -0.299. The number of para-hydroxylation sites is 1. The summed E-state index contributed by atoms with van der Waals surface area (Å²) in [6, 6.07) is 19.8. The van der Waals surface area contributed by atoms with Gasteiger partial charge in [0, 0.05) is 70.0 Å². The highest BCUT2D eigenvalue weighted by molar-refractivity contribution is 6.17. The third-order valence-corrected chi connectivity index (χ3v) is 8.59. The standard InChI is InChI=1S/C34H40N6O4/c1-2-37(18-19-39(27-13-14-27)24-25-9-11-26(12-10-25)38-20-22-44-23-21-38)31(41)15-16-32(42)40-30-8-4-3-6-28(30)34(43)36-29-7-5-17-35-33(29)40/h3-12,17,27H,2,13-16,18-24H2,1H3,(H,36,43). The molecule has 2 fully saturated rings. The smallest absolute Gasteiger partial charge is 0.257 e. The Bertz CT molecular complexity index is 1490. The first kappa shape index (κ1) is 29.8. The van der Waals surface area contributed by atoms with E-state index in [1.165, 1.54) is 29.0 Å². The number of ether oxygens (including phenoxy) is 1. The lowest BCUT2D eigenvalue weighted by Crippen LogP contribution is -2.39. The summed E-state index contributed by atoms with van der Waals surface area (Å²) in [5.41, 5.74) is 3.81. The summed E-state index contributed by atoms with van der Waals surface area (Å²) in [5, 5.41) is 2.85. The molecule has 1 aromatic heterocycles. The van der Waals surface area contributed by atoms with Gasteiger partial charge in [0.15, 0.2) is 5.82 Å². The van der Waals surface area contributed by atoms with Crippen molar-refractivity contribution in [3.05, 3.63) is 78.0 Å². The van der Waals surface area contributed by atoms with Gasteiger partial charge in [-0.3, -0.25) is 24.2 Å². The largest absolute Gasteiger partial charge is 0.378 e. The van der Waals surface area contributed by atoms with E-state index >= 15 is 0 Å². The average Bonchev–Trinajstić information content (AvgIpc) is 3.92. The molecule has 3 aromatic rings. The molecular formula is C34H40N6O4. The molecule has 1 aliphatic carbocycles. The number of aromatic nitrogens is 1. The fourth-order valence-electron chi connectivity index (χ4n) is 5.98. The maximum Gasteiger partial charge on any atom is 0.257 e. The number of likely N-dealkylation sites (N-methyl/N-ethyl adjacent to an activating group) is 1. The van der Waals surface area contributed by atoms with Crippen LogP contribution >= 0.6 is 0 Å². The number of carbonyl (C=O) groups is 3. The number of anilines is 4. The van der Waals surface area contributed by atoms with Gasteiger partial charge >= 0.3 is 0 Å². The molecule has 1 saturated heterocycles. The summed E-state index contributed by atoms with van der Waals surface area (Å²) in [6.07, 6.45) is 4.06. The first-order valence-electron chi connectivity index (χ1n) is 15.6. The molecule has 0 unspecified atom stereocenters. The van der Waals surface area contributed by atoms with Crippen LogP contribution in [0.25, 0.3) is 0 Å². The molecular weight excluding hydrogens is 556 g/mol. The summed E-state index contributed by atoms with van der Waals surface area (Å²) in [7, 11) is 0. The van der Waals surface area contributed by atoms with E-state index in [4.69, 9.17) is 4.74 Å². The van der Waals surface area contributed by atoms with Gasteiger partial charge in [0.2, 0.25) is 11.8 Å². The molecule has 3 aliphatic rings. The van der Waals surface area contributed by atoms with Crippen molar-refractivity contribution >= 4 is 40.6 Å². The SMILES string of the molecule is CCN(CCN(Cc1ccc(N2CCOCC2)cc1)C1CC1)C(=O)CCC(=O)N1c2ccccc2C(=O)Nc2cccnc21. The monoisotopic (exact) mass is 596 g/mol. The lowest BCUT2D eigenvalue weighted by molar-refractivity contribution is -0.133. The van der Waals surface area contributed by atoms with E-state index in [2.05, 4.69) is 44.4 Å². The number of hydrogen-bond acceptors (Lipinski definition) is 7. The minimum absolute atomic E-state index is 0.00963. The molecule has 3 amide bonds. The van der Waals surface area contributed by atoms with Crippen molar-refractivity contribution in [3.8, 4) is 0 Å². The maximum absolute atomic E-state index is 13.6. The second-order valence-corrected chi connectivity index (χ2v) is 11.5. The third kappa shape index (κ3) is 6.76. The van der Waals surface area contributed by atoms with Crippen LogP contribution in [0, 0.1) is 0 Å². The quantitative estimate of drug-likeness (QED) is 0.350. The Balaban J connectivity index is 1.06. The van der Waals surface area contributed by atoms with E-state index in [1.54, 1.807) is 42.6 Å². The van der Waals surface area contributed by atoms with Gasteiger partial charge < -0.3 is 19.9 Å². The summed E-state index contributed by atoms with van der Waals surface area (Å²) in [4.78, 5) is 52.4. The molecule has 2 aromatic carbocycles. The van der Waals surface area contributed by atoms with Crippen LogP contribution in [-0.4, -0.2) is 84.5 Å². The van der Waals surface area contributed by atoms with Crippen LogP contribution in [0.4, 0.5) is 22.9 Å². The van der Waals surface area contributed by atoms with Gasteiger partial charge in [0.05, 0.1) is 30.2 Å². The molecule has 1 saturated carbocycles. The molecule has 0 atom stereocenters. The highest BCUT2D eigenvalue weighted by atomic mass is 16.5. The molecule has 2 aliphatic heterocycles. The van der Waals surface area contributed by atoms with E-state index in [1.807, 2.05) is 11.8 Å². The molecule has 230 valence electrons. The van der Waals surface area contributed by atoms with E-state index in [0.29, 0.717) is 41.9 Å². The summed E-state index contributed by atoms with van der Waals surface area (Å²) in [6.45, 7) is 8.20. The highest BCUT2D eigenvalue weighted by Crippen LogP contribution is 2.36. The normalized spacial score (nSPS) is 16.2. The van der Waals surface area contributed by atoms with Crippen molar-refractivity contribution in [1.29, 1.82) is 0 Å². The van der Waals surface area contributed by atoms with Crippen molar-refractivity contribution in [1.82, 2.24) is 14.8 Å². The Hall–Kier alpha value is -4.28. The molecule has 0 spiro atoms. The topological polar surface area (TPSA) is 98.3 Å². The van der Waals surface area contributed by atoms with E-state index in [-0.39, 0.29) is 30.6 Å². The van der Waals surface area contributed by atoms with Crippen LogP contribution in [0.3, 0.4) is 0 Å². The number of nitrogens with one attached hydrogen (secondary N) is 1. The van der Waals surface area contributed by atoms with Gasteiger partial charge in [-0.05, 0) is 61.7 Å². The van der Waals surface area contributed by atoms with Gasteiger partial charge in [0.1, 0.15) is 0 Å². The van der Waals surface area contributed by atoms with E-state index in [0.717, 1.165) is 39.4 Å². The van der Waals surface area contributed by atoms with Crippen molar-refractivity contribution in [2.24, 2.45) is 0 Å². The Morgan fingerprint density at radius 1 is 0.977 bits per heavy atom. The zero-order chi connectivity index (χ0) is 30.5. The Labute approximate surface area is 258 Å². The minimum Gasteiger partial charge on any atom is -0.378 e. The van der Waals surface area contributed by atoms with Crippen LogP contribution in [0.2, 0.25) is 0 Å². The molecule has 3 heterocycles. The van der Waals surface area contributed by atoms with Crippen LogP contribution in [0.15, 0.2) is 66.9 Å². The molecule has 1 N–H and O–H groups in total. The summed E-state index contributed by atoms with van der Waals surface area (Å²) in [5.74, 6) is -0.274. The fourth-order valence-corrected chi connectivity index (χ4v) is 5.98. The lowest BCUT2D eigenvalue weighted by Gasteiger charge is -2.29. The third-order valence-electron chi connectivity index (χ3n) is 8.59. The Morgan fingerprint density at radius 3 is 2.50 bits per heavy atom. The number of rotatable bonds is 11. The fraction of sp³-hybridized carbons (Fsp3) is 0.412. The molecule has 10 nitrogen and oxygen atoms in total. The van der Waals surface area contributed by atoms with Gasteiger partial charge in [-0.15, -0.1) is 0 Å². The van der Waals surface area contributed by atoms with Gasteiger partial charge in [-0.2, -0.15) is 0 Å². The molecule has 0 bridgehead atoms. The van der Waals surface area contributed by atoms with E-state index in [9.17, 15) is 14.4 Å². The van der Waals surface area contributed by atoms with Crippen molar-refractivity contribution in [3.63, 3.8) is 0 Å². The predicted octanol–water partition coefficient (Wildman–Crippen LogP) is 4.44. The number of pyridine rings is 1. The average molecular weight is 597 g/mol. The highest BCUT2D eigenvalue weighted by Gasteiger charge is 2.32. The predicted molar refractivity (Wildman–Crippen MR) is 170 cm³/mol. The van der Waals surface area contributed by atoms with Crippen molar-refractivity contribution in [2.45, 2.75) is 45.2 Å². The second kappa shape index (κ2) is 13.6. The first-order chi connectivity index (χ1) is 21.5. The first-order valence-corrected chi connectivity index (χ1v) is 15.6. The molecule has 44 heavy (non-hydrogen) atoms. The van der Waals surface area contributed by atoms with Crippen LogP contribution in [0.5, 0.6) is 0 Å². The number of fused-ring (bicyclic) bond motifs is 2. The van der Waals surface area contributed by atoms with Gasteiger partial charge in [0.25, 0.3) is 5.91 Å². The van der Waals surface area contributed by atoms with Crippen LogP contribution in [-0.2, 0) is 20.9 Å². The van der Waals surface area contributed by atoms with Crippen molar-refractivity contribution < 1.29 is 19.1 Å². The number of morpholine rings is 1. The maximum atomic E-state index is 13.6. The van der Waals surface area contributed by atoms with Crippen LogP contribution < -0.4 is 15.1 Å². The zero-order valence-electron chi connectivity index (χ0n) is 25.3. The van der Waals surface area contributed by atoms with Gasteiger partial charge in [-0.1, -0.05) is 24.3 Å². The number of amides is 3. The van der Waals surface area contributed by atoms with Crippen molar-refractivity contribution in [2.75, 3.05) is 61.1 Å². The zero-order valence-corrected chi connectivity index (χ0v) is 25.3. The summed E-state index contributed by atoms with van der Waals surface area (Å²) >= 11 is 0. The summed E-state index contributed by atoms with van der Waals surface area (Å²) < 4.78 is 5.48. The number of carbonyl (C=O) groups excluding carboxylic acids is 3. The lowest BCUT2D eigenvalue weighted by atomic mass is 10.1. The molecule has 0 radical (unpaired) electrons. The molecule has 6 rings (SSSR count). The number of nitrogens with zero attached hydrogens (tertiary/aromatic N) is 5. The Kier molecular flexibility index (Phi) is 9.18. The van der Waals surface area contributed by atoms with Crippen LogP contribution in [0.1, 0.15) is 48.5 Å². The van der Waals surface area contributed by atoms with E-state index < -0.39 is 0 Å². The number of benzene rings is 2. The Morgan fingerprint density at radius 2 is 1.75 bits per heavy atom. The number of hydrogen-bond donors (Lipinski definition) is 1. The molecule has 10 heteroatoms. The second-order valence-electron chi connectivity index (χ2n) is 11.5.